The van der Waals surface area contributed by atoms with E-state index in [1.54, 1.807) is 11.9 Å². The third-order valence-electron chi connectivity index (χ3n) is 2.77. The van der Waals surface area contributed by atoms with Crippen LogP contribution < -0.4 is 5.32 Å². The fraction of sp³-hybridized carbons (Fsp3) is 0.538. The number of urea groups is 1. The van der Waals surface area contributed by atoms with Gasteiger partial charge in [0.05, 0.1) is 10.9 Å². The Bertz CT molecular complexity index is 464. The first-order valence-electron chi connectivity index (χ1n) is 6.36. The van der Waals surface area contributed by atoms with Gasteiger partial charge in [0, 0.05) is 24.4 Å². The number of aliphatic carboxylic acids is 1. The molecular formula is C13H19ClN2O3S. The van der Waals surface area contributed by atoms with Crippen molar-refractivity contribution >= 4 is 34.9 Å². The van der Waals surface area contributed by atoms with Crippen molar-refractivity contribution in [3.05, 3.63) is 21.3 Å². The molecule has 1 aromatic rings. The Morgan fingerprint density at radius 2 is 2.20 bits per heavy atom. The van der Waals surface area contributed by atoms with Gasteiger partial charge in [0.15, 0.2) is 0 Å². The first-order chi connectivity index (χ1) is 9.38. The summed E-state index contributed by atoms with van der Waals surface area (Å²) in [6.07, 6.45) is 1.33. The lowest BCUT2D eigenvalue weighted by Crippen LogP contribution is -2.41. The molecule has 2 amide bonds. The lowest BCUT2D eigenvalue weighted by atomic mass is 10.1. The fourth-order valence-electron chi connectivity index (χ4n) is 1.69. The molecule has 0 fully saturated rings. The number of amides is 2. The number of rotatable bonds is 7. The zero-order chi connectivity index (χ0) is 15.1. The number of nitrogens with one attached hydrogen (secondary N) is 1. The number of carbonyl (C=O) groups excluding carboxylic acids is 1. The van der Waals surface area contributed by atoms with Crippen molar-refractivity contribution in [2.45, 2.75) is 38.8 Å². The average molecular weight is 319 g/mol. The number of nitrogens with zero attached hydrogens (tertiary/aromatic N) is 1. The predicted octanol–water partition coefficient (Wildman–Crippen LogP) is 3.19. The van der Waals surface area contributed by atoms with Crippen LogP contribution in [0.5, 0.6) is 0 Å². The van der Waals surface area contributed by atoms with Crippen molar-refractivity contribution in [1.29, 1.82) is 0 Å². The summed E-state index contributed by atoms with van der Waals surface area (Å²) < 4.78 is 0.704. The summed E-state index contributed by atoms with van der Waals surface area (Å²) >= 11 is 7.29. The maximum atomic E-state index is 11.9. The van der Waals surface area contributed by atoms with Gasteiger partial charge in [-0.2, -0.15) is 0 Å². The Labute approximate surface area is 127 Å². The molecule has 1 atom stereocenters. The van der Waals surface area contributed by atoms with Gasteiger partial charge in [0.25, 0.3) is 0 Å². The molecule has 0 aliphatic carbocycles. The van der Waals surface area contributed by atoms with Crippen LogP contribution in [0, 0.1) is 0 Å². The maximum Gasteiger partial charge on any atom is 0.317 e. The van der Waals surface area contributed by atoms with Crippen LogP contribution in [0.1, 0.15) is 31.1 Å². The molecule has 0 aliphatic heterocycles. The van der Waals surface area contributed by atoms with Crippen LogP contribution >= 0.6 is 22.9 Å². The second-order valence-corrected chi connectivity index (χ2v) is 6.50. The fourth-order valence-corrected chi connectivity index (χ4v) is 2.84. The number of carbonyl (C=O) groups is 2. The summed E-state index contributed by atoms with van der Waals surface area (Å²) in [5.74, 6) is -0.810. The van der Waals surface area contributed by atoms with Gasteiger partial charge in [-0.25, -0.2) is 4.79 Å². The Morgan fingerprint density at radius 3 is 2.75 bits per heavy atom. The molecule has 0 aromatic carbocycles. The molecule has 5 nitrogen and oxygen atoms in total. The van der Waals surface area contributed by atoms with Crippen molar-refractivity contribution in [3.63, 3.8) is 0 Å². The maximum absolute atomic E-state index is 11.9. The quantitative estimate of drug-likeness (QED) is 0.811. The van der Waals surface area contributed by atoms with E-state index >= 15 is 0 Å². The molecular weight excluding hydrogens is 300 g/mol. The average Bonchev–Trinajstić information content (AvgIpc) is 2.74. The lowest BCUT2D eigenvalue weighted by Gasteiger charge is -2.20. The largest absolute Gasteiger partial charge is 0.481 e. The van der Waals surface area contributed by atoms with E-state index in [1.807, 2.05) is 19.1 Å². The number of thiophene rings is 1. The minimum Gasteiger partial charge on any atom is -0.481 e. The molecule has 1 aromatic heterocycles. The van der Waals surface area contributed by atoms with Gasteiger partial charge in [-0.1, -0.05) is 11.6 Å². The molecule has 0 radical (unpaired) electrons. The molecule has 1 heterocycles. The predicted molar refractivity (Wildman–Crippen MR) is 80.3 cm³/mol. The highest BCUT2D eigenvalue weighted by Crippen LogP contribution is 2.22. The summed E-state index contributed by atoms with van der Waals surface area (Å²) in [4.78, 5) is 24.9. The highest BCUT2D eigenvalue weighted by atomic mass is 35.5. The third-order valence-corrected chi connectivity index (χ3v) is 3.98. The first kappa shape index (κ1) is 16.8. The molecule has 0 spiro atoms. The Balaban J connectivity index is 2.31. The van der Waals surface area contributed by atoms with Gasteiger partial charge in [-0.15, -0.1) is 11.3 Å². The van der Waals surface area contributed by atoms with E-state index in [-0.39, 0.29) is 18.5 Å². The zero-order valence-electron chi connectivity index (χ0n) is 11.6. The second kappa shape index (κ2) is 8.11. The van der Waals surface area contributed by atoms with Gasteiger partial charge >= 0.3 is 12.0 Å². The van der Waals surface area contributed by atoms with Crippen molar-refractivity contribution in [2.75, 3.05) is 7.05 Å². The standard InChI is InChI=1S/C13H19ClN2O3S/c1-9(4-3-5-12(17)18)15-13(19)16(2)8-10-6-7-11(14)20-10/h6-7,9H,3-5,8H2,1-2H3,(H,15,19)(H,17,18). The molecule has 1 unspecified atom stereocenters. The minimum absolute atomic E-state index is 0.0452. The van der Waals surface area contributed by atoms with Gasteiger partial charge in [-0.3, -0.25) is 4.79 Å². The van der Waals surface area contributed by atoms with Crippen LogP contribution in [-0.2, 0) is 11.3 Å². The monoisotopic (exact) mass is 318 g/mol. The van der Waals surface area contributed by atoms with Crippen molar-refractivity contribution < 1.29 is 14.7 Å². The number of hydrogen-bond acceptors (Lipinski definition) is 3. The van der Waals surface area contributed by atoms with E-state index in [1.165, 1.54) is 11.3 Å². The van der Waals surface area contributed by atoms with Gasteiger partial charge in [-0.05, 0) is 31.9 Å². The zero-order valence-corrected chi connectivity index (χ0v) is 13.1. The molecule has 112 valence electrons. The van der Waals surface area contributed by atoms with Gasteiger partial charge < -0.3 is 15.3 Å². The van der Waals surface area contributed by atoms with Crippen molar-refractivity contribution in [3.8, 4) is 0 Å². The Hall–Kier alpha value is -1.27. The summed E-state index contributed by atoms with van der Waals surface area (Å²) in [6, 6.07) is 3.49. The lowest BCUT2D eigenvalue weighted by molar-refractivity contribution is -0.137. The van der Waals surface area contributed by atoms with E-state index < -0.39 is 5.97 Å². The molecule has 0 bridgehead atoms. The summed E-state index contributed by atoms with van der Waals surface area (Å²) in [5.41, 5.74) is 0. The van der Waals surface area contributed by atoms with Crippen molar-refractivity contribution in [1.82, 2.24) is 10.2 Å². The van der Waals surface area contributed by atoms with E-state index in [0.717, 1.165) is 4.88 Å². The number of carboxylic acids is 1. The van der Waals surface area contributed by atoms with E-state index in [0.29, 0.717) is 23.7 Å². The molecule has 2 N–H and O–H groups in total. The highest BCUT2D eigenvalue weighted by Gasteiger charge is 2.13. The number of hydrogen-bond donors (Lipinski definition) is 2. The van der Waals surface area contributed by atoms with Gasteiger partial charge in [0.2, 0.25) is 0 Å². The van der Waals surface area contributed by atoms with Crippen LogP contribution in [0.2, 0.25) is 4.34 Å². The summed E-state index contributed by atoms with van der Waals surface area (Å²) in [5, 5.41) is 11.4. The van der Waals surface area contributed by atoms with Crippen LogP contribution in [0.4, 0.5) is 4.79 Å². The highest BCUT2D eigenvalue weighted by molar-refractivity contribution is 7.16. The Kier molecular flexibility index (Phi) is 6.81. The molecule has 0 aliphatic rings. The number of carboxylic acid groups (broad SMARTS) is 1. The minimum atomic E-state index is -0.810. The molecule has 0 saturated carbocycles. The summed E-state index contributed by atoms with van der Waals surface area (Å²) in [7, 11) is 1.72. The molecule has 7 heteroatoms. The first-order valence-corrected chi connectivity index (χ1v) is 7.55. The second-order valence-electron chi connectivity index (χ2n) is 4.70. The number of halogens is 1. The van der Waals surface area contributed by atoms with Crippen LogP contribution in [0.25, 0.3) is 0 Å². The Morgan fingerprint density at radius 1 is 1.50 bits per heavy atom. The van der Waals surface area contributed by atoms with Crippen LogP contribution in [0.3, 0.4) is 0 Å². The summed E-state index contributed by atoms with van der Waals surface area (Å²) in [6.45, 7) is 2.38. The van der Waals surface area contributed by atoms with Crippen molar-refractivity contribution in [2.24, 2.45) is 0 Å². The smallest absolute Gasteiger partial charge is 0.317 e. The van der Waals surface area contributed by atoms with E-state index in [4.69, 9.17) is 16.7 Å². The molecule has 0 saturated heterocycles. The SMILES string of the molecule is CC(CCCC(=O)O)NC(=O)N(C)Cc1ccc(Cl)s1. The van der Waals surface area contributed by atoms with Crippen LogP contribution in [-0.4, -0.2) is 35.1 Å². The molecule has 1 rings (SSSR count). The van der Waals surface area contributed by atoms with E-state index in [9.17, 15) is 9.59 Å². The normalized spacial score (nSPS) is 11.9. The van der Waals surface area contributed by atoms with Gasteiger partial charge in [0.1, 0.15) is 0 Å². The van der Waals surface area contributed by atoms with Crippen LogP contribution in [0.15, 0.2) is 12.1 Å². The van der Waals surface area contributed by atoms with E-state index in [2.05, 4.69) is 5.32 Å². The molecule has 20 heavy (non-hydrogen) atoms. The third kappa shape index (κ3) is 6.25. The topological polar surface area (TPSA) is 69.6 Å².